The van der Waals surface area contributed by atoms with Crippen molar-refractivity contribution in [3.05, 3.63) is 29.8 Å². The maximum Gasteiger partial charge on any atom is 0.303 e. The highest BCUT2D eigenvalue weighted by Gasteiger charge is 2.31. The van der Waals surface area contributed by atoms with Crippen molar-refractivity contribution in [2.45, 2.75) is 18.9 Å². The quantitative estimate of drug-likeness (QED) is 0.723. The molecule has 2 atom stereocenters. The van der Waals surface area contributed by atoms with Crippen LogP contribution < -0.4 is 5.32 Å². The first-order chi connectivity index (χ1) is 7.68. The molecule has 3 N–H and O–H groups in total. The first-order valence-corrected chi connectivity index (χ1v) is 5.41. The lowest BCUT2D eigenvalue weighted by Crippen LogP contribution is -2.19. The molecule has 2 rings (SSSR count). The van der Waals surface area contributed by atoms with Gasteiger partial charge in [-0.05, 0) is 24.9 Å². The molecule has 0 aromatic heterocycles. The van der Waals surface area contributed by atoms with Crippen LogP contribution in [0.5, 0.6) is 5.75 Å². The van der Waals surface area contributed by atoms with Crippen LogP contribution in [0.1, 0.15) is 24.4 Å². The Hall–Kier alpha value is -1.55. The Morgan fingerprint density at radius 3 is 2.88 bits per heavy atom. The smallest absolute Gasteiger partial charge is 0.303 e. The molecule has 0 spiro atoms. The molecule has 1 saturated heterocycles. The van der Waals surface area contributed by atoms with Crippen LogP contribution >= 0.6 is 0 Å². The van der Waals surface area contributed by atoms with Gasteiger partial charge in [0, 0.05) is 11.6 Å². The van der Waals surface area contributed by atoms with Gasteiger partial charge in [0.25, 0.3) is 0 Å². The Morgan fingerprint density at radius 1 is 1.44 bits per heavy atom. The zero-order valence-corrected chi connectivity index (χ0v) is 8.89. The highest BCUT2D eigenvalue weighted by atomic mass is 16.4. The summed E-state index contributed by atoms with van der Waals surface area (Å²) in [6.45, 7) is 0.803. The number of para-hydroxylation sites is 1. The predicted octanol–water partition coefficient (Wildman–Crippen LogP) is 1.52. The minimum atomic E-state index is -0.783. The molecular formula is C12H15NO3. The number of rotatable bonds is 3. The summed E-state index contributed by atoms with van der Waals surface area (Å²) in [4.78, 5) is 10.7. The summed E-state index contributed by atoms with van der Waals surface area (Å²) in [5.74, 6) is -0.489. The van der Waals surface area contributed by atoms with Crippen molar-refractivity contribution in [1.29, 1.82) is 0 Å². The Morgan fingerprint density at radius 2 is 2.19 bits per heavy atom. The minimum absolute atomic E-state index is 0.0442. The van der Waals surface area contributed by atoms with Gasteiger partial charge in [-0.15, -0.1) is 0 Å². The van der Waals surface area contributed by atoms with Crippen LogP contribution in [0.15, 0.2) is 24.3 Å². The van der Waals surface area contributed by atoms with Crippen molar-refractivity contribution in [2.75, 3.05) is 6.54 Å². The van der Waals surface area contributed by atoms with Crippen LogP contribution in [0.2, 0.25) is 0 Å². The van der Waals surface area contributed by atoms with E-state index in [0.29, 0.717) is 0 Å². The lowest BCUT2D eigenvalue weighted by Gasteiger charge is -2.19. The second-order valence-corrected chi connectivity index (χ2v) is 4.14. The number of aromatic hydroxyl groups is 1. The molecule has 1 aromatic rings. The zero-order valence-electron chi connectivity index (χ0n) is 8.89. The van der Waals surface area contributed by atoms with E-state index in [2.05, 4.69) is 5.32 Å². The number of carboxylic acids is 1. The van der Waals surface area contributed by atoms with Crippen LogP contribution in [-0.2, 0) is 4.79 Å². The van der Waals surface area contributed by atoms with Gasteiger partial charge in [-0.25, -0.2) is 0 Å². The molecular weight excluding hydrogens is 206 g/mol. The van der Waals surface area contributed by atoms with Gasteiger partial charge < -0.3 is 15.5 Å². The van der Waals surface area contributed by atoms with Crippen molar-refractivity contribution < 1.29 is 15.0 Å². The molecule has 0 radical (unpaired) electrons. The van der Waals surface area contributed by atoms with Crippen molar-refractivity contribution >= 4 is 5.97 Å². The SMILES string of the molecule is O=C(O)C[C@H]1CCN[C@@H]1c1ccccc1O. The average Bonchev–Trinajstić information content (AvgIpc) is 2.66. The van der Waals surface area contributed by atoms with Gasteiger partial charge in [0.15, 0.2) is 0 Å². The summed E-state index contributed by atoms with van der Waals surface area (Å²) >= 11 is 0. The van der Waals surface area contributed by atoms with Gasteiger partial charge in [-0.1, -0.05) is 18.2 Å². The highest BCUT2D eigenvalue weighted by Crippen LogP contribution is 2.35. The monoisotopic (exact) mass is 221 g/mol. The van der Waals surface area contributed by atoms with Crippen molar-refractivity contribution in [3.63, 3.8) is 0 Å². The maximum atomic E-state index is 10.7. The molecule has 0 bridgehead atoms. The number of hydrogen-bond donors (Lipinski definition) is 3. The number of benzene rings is 1. The molecule has 0 amide bonds. The van der Waals surface area contributed by atoms with Gasteiger partial charge in [0.05, 0.1) is 6.42 Å². The zero-order chi connectivity index (χ0) is 11.5. The molecule has 86 valence electrons. The molecule has 16 heavy (non-hydrogen) atoms. The summed E-state index contributed by atoms with van der Waals surface area (Å²) in [5, 5.41) is 21.8. The fraction of sp³-hybridized carbons (Fsp3) is 0.417. The third kappa shape index (κ3) is 2.17. The van der Waals surface area contributed by atoms with E-state index in [1.807, 2.05) is 12.1 Å². The van der Waals surface area contributed by atoms with E-state index >= 15 is 0 Å². The molecule has 1 fully saturated rings. The summed E-state index contributed by atoms with van der Waals surface area (Å²) in [6.07, 6.45) is 0.983. The fourth-order valence-corrected chi connectivity index (χ4v) is 2.32. The molecule has 4 heteroatoms. The van der Waals surface area contributed by atoms with Crippen LogP contribution in [-0.4, -0.2) is 22.7 Å². The average molecular weight is 221 g/mol. The van der Waals surface area contributed by atoms with E-state index < -0.39 is 5.97 Å². The maximum absolute atomic E-state index is 10.7. The first-order valence-electron chi connectivity index (χ1n) is 5.41. The number of hydrogen-bond acceptors (Lipinski definition) is 3. The van der Waals surface area contributed by atoms with Crippen LogP contribution in [0, 0.1) is 5.92 Å². The Labute approximate surface area is 93.9 Å². The number of phenols is 1. The Bertz CT molecular complexity index is 392. The molecule has 0 saturated carbocycles. The van der Waals surface area contributed by atoms with Gasteiger partial charge in [-0.2, -0.15) is 0 Å². The van der Waals surface area contributed by atoms with E-state index in [1.165, 1.54) is 0 Å². The standard InChI is InChI=1S/C12H15NO3/c14-10-4-2-1-3-9(10)12-8(5-6-13-12)7-11(15)16/h1-4,8,12-14H,5-7H2,(H,15,16)/t8-,12+/m1/s1. The first kappa shape index (κ1) is 11.0. The Balaban J connectivity index is 2.20. The van der Waals surface area contributed by atoms with Crippen molar-refractivity contribution in [1.82, 2.24) is 5.32 Å². The molecule has 1 aromatic carbocycles. The summed E-state index contributed by atoms with van der Waals surface area (Å²) in [5.41, 5.74) is 0.797. The number of carboxylic acid groups (broad SMARTS) is 1. The van der Waals surface area contributed by atoms with E-state index in [4.69, 9.17) is 5.11 Å². The van der Waals surface area contributed by atoms with E-state index in [0.717, 1.165) is 18.5 Å². The number of carbonyl (C=O) groups is 1. The van der Waals surface area contributed by atoms with E-state index in [1.54, 1.807) is 12.1 Å². The molecule has 1 heterocycles. The third-order valence-corrected chi connectivity index (χ3v) is 3.06. The third-order valence-electron chi connectivity index (χ3n) is 3.06. The number of phenolic OH excluding ortho intramolecular Hbond substituents is 1. The van der Waals surface area contributed by atoms with Gasteiger partial charge in [0.2, 0.25) is 0 Å². The number of nitrogens with one attached hydrogen (secondary N) is 1. The Kier molecular flexibility index (Phi) is 3.10. The van der Waals surface area contributed by atoms with Crippen LogP contribution in [0.25, 0.3) is 0 Å². The normalized spacial score (nSPS) is 24.5. The van der Waals surface area contributed by atoms with Crippen molar-refractivity contribution in [3.8, 4) is 5.75 Å². The number of aliphatic carboxylic acids is 1. The van der Waals surface area contributed by atoms with Crippen LogP contribution in [0.4, 0.5) is 0 Å². The fourth-order valence-electron chi connectivity index (χ4n) is 2.32. The minimum Gasteiger partial charge on any atom is -0.508 e. The second-order valence-electron chi connectivity index (χ2n) is 4.14. The van der Waals surface area contributed by atoms with E-state index in [-0.39, 0.29) is 24.1 Å². The lowest BCUT2D eigenvalue weighted by atomic mass is 9.91. The second kappa shape index (κ2) is 4.53. The summed E-state index contributed by atoms with van der Waals surface area (Å²) in [7, 11) is 0. The van der Waals surface area contributed by atoms with Gasteiger partial charge in [-0.3, -0.25) is 4.79 Å². The lowest BCUT2D eigenvalue weighted by molar-refractivity contribution is -0.138. The molecule has 1 aliphatic heterocycles. The van der Waals surface area contributed by atoms with Crippen LogP contribution in [0.3, 0.4) is 0 Å². The van der Waals surface area contributed by atoms with Gasteiger partial charge in [0.1, 0.15) is 5.75 Å². The molecule has 4 nitrogen and oxygen atoms in total. The summed E-state index contributed by atoms with van der Waals surface area (Å²) in [6, 6.07) is 7.05. The highest BCUT2D eigenvalue weighted by molar-refractivity contribution is 5.67. The largest absolute Gasteiger partial charge is 0.508 e. The molecule has 1 aliphatic rings. The van der Waals surface area contributed by atoms with Gasteiger partial charge >= 0.3 is 5.97 Å². The molecule has 0 aliphatic carbocycles. The van der Waals surface area contributed by atoms with E-state index in [9.17, 15) is 9.90 Å². The summed E-state index contributed by atoms with van der Waals surface area (Å²) < 4.78 is 0. The topological polar surface area (TPSA) is 69.6 Å². The van der Waals surface area contributed by atoms with Crippen molar-refractivity contribution in [2.24, 2.45) is 5.92 Å². The predicted molar refractivity (Wildman–Crippen MR) is 59.2 cm³/mol. The molecule has 0 unspecified atom stereocenters.